The van der Waals surface area contributed by atoms with E-state index in [1.807, 2.05) is 24.3 Å². The summed E-state index contributed by atoms with van der Waals surface area (Å²) in [6.45, 7) is 3.18. The van der Waals surface area contributed by atoms with Gasteiger partial charge in [-0.1, -0.05) is 62.1 Å². The topological polar surface area (TPSA) is 17.3 Å². The van der Waals surface area contributed by atoms with E-state index in [9.17, 15) is 0 Å². The van der Waals surface area contributed by atoms with Gasteiger partial charge in [0.25, 0.3) is 0 Å². The Bertz CT molecular complexity index is 961. The highest BCUT2D eigenvalue weighted by atomic mass is 35.5. The summed E-state index contributed by atoms with van der Waals surface area (Å²) in [5.41, 5.74) is 4.98. The smallest absolute Gasteiger partial charge is 0.190 e. The van der Waals surface area contributed by atoms with Crippen LogP contribution in [0.1, 0.15) is 56.9 Å². The summed E-state index contributed by atoms with van der Waals surface area (Å²) < 4.78 is 2.34. The molecule has 28 heavy (non-hydrogen) atoms. The first-order valence-electron chi connectivity index (χ1n) is 10.3. The maximum atomic E-state index is 6.00. The Hall–Kier alpha value is -1.84. The minimum Gasteiger partial charge on any atom is -0.316 e. The van der Waals surface area contributed by atoms with Crippen molar-refractivity contribution in [2.75, 3.05) is 0 Å². The summed E-state index contributed by atoms with van der Waals surface area (Å²) in [6, 6.07) is 17.0. The lowest BCUT2D eigenvalue weighted by Gasteiger charge is -2.22. The molecule has 0 aliphatic heterocycles. The molecule has 2 aromatic carbocycles. The van der Waals surface area contributed by atoms with Crippen LogP contribution in [-0.2, 0) is 6.54 Å². The van der Waals surface area contributed by atoms with E-state index in [0.29, 0.717) is 0 Å². The predicted molar refractivity (Wildman–Crippen MR) is 121 cm³/mol. The van der Waals surface area contributed by atoms with Crippen LogP contribution in [0.25, 0.3) is 11.3 Å². The largest absolute Gasteiger partial charge is 0.316 e. The number of nitrogens with zero attached hydrogens (tertiary/aromatic N) is 2. The van der Waals surface area contributed by atoms with Crippen molar-refractivity contribution in [1.29, 1.82) is 0 Å². The molecule has 1 saturated carbocycles. The normalized spacial score (nSPS) is 15.9. The monoisotopic (exact) mass is 410 g/mol. The Labute approximate surface area is 176 Å². The maximum Gasteiger partial charge on any atom is 0.190 e. The number of aromatic nitrogens is 1. The summed E-state index contributed by atoms with van der Waals surface area (Å²) in [5.74, 6) is 0.753. The average molecular weight is 411 g/mol. The van der Waals surface area contributed by atoms with E-state index in [2.05, 4.69) is 41.1 Å². The van der Waals surface area contributed by atoms with E-state index in [4.69, 9.17) is 16.6 Å². The number of rotatable bonds is 5. The second-order valence-corrected chi connectivity index (χ2v) is 8.87. The fraction of sp³-hybridized carbons (Fsp3) is 0.375. The number of hydrogen-bond acceptors (Lipinski definition) is 2. The second kappa shape index (κ2) is 9.11. The summed E-state index contributed by atoms with van der Waals surface area (Å²) in [7, 11) is 0. The third-order valence-electron chi connectivity index (χ3n) is 5.58. The highest BCUT2D eigenvalue weighted by Crippen LogP contribution is 2.33. The molecule has 2 nitrogen and oxygen atoms in total. The van der Waals surface area contributed by atoms with Gasteiger partial charge in [-0.2, -0.15) is 0 Å². The van der Waals surface area contributed by atoms with Gasteiger partial charge in [0.05, 0.1) is 11.4 Å². The van der Waals surface area contributed by atoms with E-state index in [1.165, 1.54) is 48.9 Å². The second-order valence-electron chi connectivity index (χ2n) is 7.60. The number of halogens is 1. The van der Waals surface area contributed by atoms with Crippen LogP contribution >= 0.6 is 22.9 Å². The van der Waals surface area contributed by atoms with Crippen LogP contribution in [0, 0.1) is 0 Å². The van der Waals surface area contributed by atoms with Gasteiger partial charge < -0.3 is 4.57 Å². The standard InChI is InChI=1S/C24H27ClN2S/c1-2-16-27-23(17-28-24(27)26-22-14-12-21(25)13-15-22)20-10-8-19(9-11-20)18-6-4-3-5-7-18/h8-15,17-18H,2-7,16H2,1H3. The Kier molecular flexibility index (Phi) is 6.33. The lowest BCUT2D eigenvalue weighted by molar-refractivity contribution is 0.443. The quantitative estimate of drug-likeness (QED) is 0.412. The molecule has 0 saturated heterocycles. The van der Waals surface area contributed by atoms with Gasteiger partial charge >= 0.3 is 0 Å². The lowest BCUT2D eigenvalue weighted by atomic mass is 9.84. The zero-order valence-electron chi connectivity index (χ0n) is 16.4. The van der Waals surface area contributed by atoms with Crippen LogP contribution in [0.5, 0.6) is 0 Å². The summed E-state index contributed by atoms with van der Waals surface area (Å²) in [4.78, 5) is 5.90. The van der Waals surface area contributed by atoms with Gasteiger partial charge in [-0.05, 0) is 60.6 Å². The Balaban J connectivity index is 1.65. The summed E-state index contributed by atoms with van der Waals surface area (Å²) in [5, 5.41) is 2.98. The first-order valence-corrected chi connectivity index (χ1v) is 11.6. The van der Waals surface area contributed by atoms with Crippen molar-refractivity contribution < 1.29 is 0 Å². The molecule has 1 heterocycles. The SMILES string of the molecule is CCCn1c(-c2ccc(C3CCCCC3)cc2)csc1=Nc1ccc(Cl)cc1. The van der Waals surface area contributed by atoms with Crippen molar-refractivity contribution in [2.45, 2.75) is 57.9 Å². The molecule has 1 fully saturated rings. The van der Waals surface area contributed by atoms with Crippen molar-refractivity contribution >= 4 is 28.6 Å². The molecule has 0 spiro atoms. The summed E-state index contributed by atoms with van der Waals surface area (Å²) in [6.07, 6.45) is 7.93. The minimum atomic E-state index is 0.741. The van der Waals surface area contributed by atoms with Crippen molar-refractivity contribution in [2.24, 2.45) is 4.99 Å². The van der Waals surface area contributed by atoms with Crippen LogP contribution in [0.2, 0.25) is 5.02 Å². The van der Waals surface area contributed by atoms with E-state index in [-0.39, 0.29) is 0 Å². The highest BCUT2D eigenvalue weighted by molar-refractivity contribution is 7.07. The van der Waals surface area contributed by atoms with E-state index >= 15 is 0 Å². The molecular weight excluding hydrogens is 384 g/mol. The van der Waals surface area contributed by atoms with Gasteiger partial charge in [-0.25, -0.2) is 4.99 Å². The molecule has 0 bridgehead atoms. The molecule has 1 aliphatic carbocycles. The molecule has 4 heteroatoms. The number of thiazole rings is 1. The van der Waals surface area contributed by atoms with Crippen LogP contribution in [0.4, 0.5) is 5.69 Å². The van der Waals surface area contributed by atoms with E-state index in [1.54, 1.807) is 11.3 Å². The van der Waals surface area contributed by atoms with Crippen LogP contribution in [0.3, 0.4) is 0 Å². The zero-order valence-corrected chi connectivity index (χ0v) is 18.0. The molecule has 0 unspecified atom stereocenters. The lowest BCUT2D eigenvalue weighted by Crippen LogP contribution is -2.15. The molecule has 3 aromatic rings. The van der Waals surface area contributed by atoms with Crippen LogP contribution in [-0.4, -0.2) is 4.57 Å². The molecule has 0 radical (unpaired) electrons. The van der Waals surface area contributed by atoms with Gasteiger partial charge in [0.2, 0.25) is 0 Å². The molecule has 1 aromatic heterocycles. The average Bonchev–Trinajstić information content (AvgIpc) is 3.13. The molecule has 0 amide bonds. The van der Waals surface area contributed by atoms with Gasteiger partial charge in [0.1, 0.15) is 0 Å². The predicted octanol–water partition coefficient (Wildman–Crippen LogP) is 7.56. The molecule has 0 N–H and O–H groups in total. The van der Waals surface area contributed by atoms with Gasteiger partial charge in [-0.3, -0.25) is 0 Å². The van der Waals surface area contributed by atoms with E-state index in [0.717, 1.165) is 34.4 Å². The van der Waals surface area contributed by atoms with Crippen molar-refractivity contribution in [1.82, 2.24) is 4.57 Å². The Morgan fingerprint density at radius 1 is 1.00 bits per heavy atom. The Morgan fingerprint density at radius 2 is 1.71 bits per heavy atom. The van der Waals surface area contributed by atoms with Crippen LogP contribution in [0.15, 0.2) is 58.9 Å². The van der Waals surface area contributed by atoms with Crippen molar-refractivity contribution in [3.63, 3.8) is 0 Å². The van der Waals surface area contributed by atoms with Crippen molar-refractivity contribution in [3.05, 3.63) is 69.3 Å². The first kappa shape index (κ1) is 19.5. The molecule has 4 rings (SSSR count). The molecule has 0 atom stereocenters. The zero-order chi connectivity index (χ0) is 19.3. The van der Waals surface area contributed by atoms with Gasteiger partial charge in [0.15, 0.2) is 4.80 Å². The molecular formula is C24H27ClN2S. The van der Waals surface area contributed by atoms with Gasteiger partial charge in [0, 0.05) is 16.9 Å². The van der Waals surface area contributed by atoms with E-state index < -0.39 is 0 Å². The number of hydrogen-bond donors (Lipinski definition) is 0. The van der Waals surface area contributed by atoms with Crippen LogP contribution < -0.4 is 4.80 Å². The maximum absolute atomic E-state index is 6.00. The summed E-state index contributed by atoms with van der Waals surface area (Å²) >= 11 is 7.71. The number of benzene rings is 2. The van der Waals surface area contributed by atoms with Gasteiger partial charge in [-0.15, -0.1) is 11.3 Å². The molecule has 146 valence electrons. The highest BCUT2D eigenvalue weighted by Gasteiger charge is 2.16. The first-order chi connectivity index (χ1) is 13.7. The third-order valence-corrected chi connectivity index (χ3v) is 6.69. The minimum absolute atomic E-state index is 0.741. The third kappa shape index (κ3) is 4.42. The molecule has 1 aliphatic rings. The Morgan fingerprint density at radius 3 is 2.39 bits per heavy atom. The fourth-order valence-corrected chi connectivity index (χ4v) is 5.16. The van der Waals surface area contributed by atoms with Crippen molar-refractivity contribution in [3.8, 4) is 11.3 Å². The fourth-order valence-electron chi connectivity index (χ4n) is 4.08.